The topological polar surface area (TPSA) is 50.4 Å². The van der Waals surface area contributed by atoms with Crippen LogP contribution in [0.15, 0.2) is 65.7 Å². The fraction of sp³-hybridized carbons (Fsp3) is 0.278. The maximum atomic E-state index is 5.90. The summed E-state index contributed by atoms with van der Waals surface area (Å²) in [4.78, 5) is 4.41. The Hall–Kier alpha value is -1.56. The SMILES string of the molecule is CC(CN=C(N)NCCc1ccccc1)c1ccccc1.I. The molecule has 0 fully saturated rings. The molecule has 0 aliphatic carbocycles. The molecule has 22 heavy (non-hydrogen) atoms. The van der Waals surface area contributed by atoms with Crippen molar-refractivity contribution < 1.29 is 0 Å². The minimum absolute atomic E-state index is 0. The van der Waals surface area contributed by atoms with E-state index in [1.807, 2.05) is 24.3 Å². The molecule has 118 valence electrons. The molecule has 0 bridgehead atoms. The van der Waals surface area contributed by atoms with E-state index in [9.17, 15) is 0 Å². The van der Waals surface area contributed by atoms with Crippen LogP contribution in [0.5, 0.6) is 0 Å². The van der Waals surface area contributed by atoms with Crippen LogP contribution in [0.1, 0.15) is 24.0 Å². The van der Waals surface area contributed by atoms with Crippen molar-refractivity contribution in [2.75, 3.05) is 13.1 Å². The second kappa shape index (κ2) is 10.2. The van der Waals surface area contributed by atoms with Gasteiger partial charge in [0.1, 0.15) is 0 Å². The molecule has 0 amide bonds. The van der Waals surface area contributed by atoms with Gasteiger partial charge in [0.2, 0.25) is 0 Å². The van der Waals surface area contributed by atoms with Crippen LogP contribution in [0.25, 0.3) is 0 Å². The Morgan fingerprint density at radius 3 is 2.27 bits per heavy atom. The van der Waals surface area contributed by atoms with Crippen LogP contribution in [0.4, 0.5) is 0 Å². The lowest BCUT2D eigenvalue weighted by Crippen LogP contribution is -2.33. The zero-order valence-electron chi connectivity index (χ0n) is 12.9. The van der Waals surface area contributed by atoms with Crippen molar-refractivity contribution in [1.82, 2.24) is 5.32 Å². The minimum atomic E-state index is 0. The van der Waals surface area contributed by atoms with Gasteiger partial charge in [0.25, 0.3) is 0 Å². The molecule has 1 unspecified atom stereocenters. The van der Waals surface area contributed by atoms with Crippen molar-refractivity contribution in [3.8, 4) is 0 Å². The van der Waals surface area contributed by atoms with Crippen molar-refractivity contribution in [2.45, 2.75) is 19.3 Å². The number of hydrogen-bond donors (Lipinski definition) is 2. The molecule has 0 radical (unpaired) electrons. The fourth-order valence-electron chi connectivity index (χ4n) is 2.16. The largest absolute Gasteiger partial charge is 0.370 e. The number of nitrogens with zero attached hydrogens (tertiary/aromatic N) is 1. The summed E-state index contributed by atoms with van der Waals surface area (Å²) >= 11 is 0. The number of aliphatic imine (C=N–C) groups is 1. The van der Waals surface area contributed by atoms with Gasteiger partial charge in [-0.2, -0.15) is 0 Å². The normalized spacial score (nSPS) is 12.3. The average Bonchev–Trinajstić information content (AvgIpc) is 2.54. The third kappa shape index (κ3) is 6.47. The second-order valence-electron chi connectivity index (χ2n) is 5.20. The molecule has 0 spiro atoms. The first-order valence-electron chi connectivity index (χ1n) is 7.38. The number of halogens is 1. The number of nitrogens with two attached hydrogens (primary N) is 1. The van der Waals surface area contributed by atoms with Crippen LogP contribution in [-0.4, -0.2) is 19.0 Å². The molecular weight excluding hydrogens is 385 g/mol. The Labute approximate surface area is 150 Å². The number of rotatable bonds is 6. The third-order valence-electron chi connectivity index (χ3n) is 3.47. The summed E-state index contributed by atoms with van der Waals surface area (Å²) in [5.41, 5.74) is 8.49. The van der Waals surface area contributed by atoms with E-state index in [1.54, 1.807) is 0 Å². The lowest BCUT2D eigenvalue weighted by molar-refractivity contribution is 0.762. The summed E-state index contributed by atoms with van der Waals surface area (Å²) in [6, 6.07) is 20.7. The van der Waals surface area contributed by atoms with Crippen molar-refractivity contribution in [2.24, 2.45) is 10.7 Å². The van der Waals surface area contributed by atoms with E-state index in [4.69, 9.17) is 5.73 Å². The smallest absolute Gasteiger partial charge is 0.188 e. The fourth-order valence-corrected chi connectivity index (χ4v) is 2.16. The first-order chi connectivity index (χ1) is 10.3. The summed E-state index contributed by atoms with van der Waals surface area (Å²) in [5.74, 6) is 0.898. The lowest BCUT2D eigenvalue weighted by Gasteiger charge is -2.10. The van der Waals surface area contributed by atoms with Crippen molar-refractivity contribution in [3.05, 3.63) is 71.8 Å². The van der Waals surface area contributed by atoms with Gasteiger partial charge in [-0.25, -0.2) is 0 Å². The van der Waals surface area contributed by atoms with Crippen molar-refractivity contribution in [3.63, 3.8) is 0 Å². The van der Waals surface area contributed by atoms with Gasteiger partial charge >= 0.3 is 0 Å². The van der Waals surface area contributed by atoms with E-state index in [0.29, 0.717) is 18.4 Å². The summed E-state index contributed by atoms with van der Waals surface area (Å²) in [5, 5.41) is 3.17. The molecule has 3 nitrogen and oxygen atoms in total. The van der Waals surface area contributed by atoms with Crippen LogP contribution in [0.3, 0.4) is 0 Å². The molecule has 4 heteroatoms. The number of nitrogens with one attached hydrogen (secondary N) is 1. The van der Waals surface area contributed by atoms with E-state index >= 15 is 0 Å². The van der Waals surface area contributed by atoms with Gasteiger partial charge in [-0.15, -0.1) is 24.0 Å². The highest BCUT2D eigenvalue weighted by Gasteiger charge is 2.03. The second-order valence-corrected chi connectivity index (χ2v) is 5.20. The summed E-state index contributed by atoms with van der Waals surface area (Å²) < 4.78 is 0. The monoisotopic (exact) mass is 409 g/mol. The highest BCUT2D eigenvalue weighted by molar-refractivity contribution is 14.0. The number of guanidine groups is 1. The Morgan fingerprint density at radius 1 is 1.05 bits per heavy atom. The molecule has 0 aromatic heterocycles. The van der Waals surface area contributed by atoms with Crippen LogP contribution in [0.2, 0.25) is 0 Å². The highest BCUT2D eigenvalue weighted by Crippen LogP contribution is 2.14. The van der Waals surface area contributed by atoms with Gasteiger partial charge < -0.3 is 11.1 Å². The predicted octanol–water partition coefficient (Wildman–Crippen LogP) is 3.56. The van der Waals surface area contributed by atoms with Gasteiger partial charge in [-0.05, 0) is 17.5 Å². The van der Waals surface area contributed by atoms with Crippen LogP contribution < -0.4 is 11.1 Å². The maximum Gasteiger partial charge on any atom is 0.188 e. The average molecular weight is 409 g/mol. The molecule has 0 saturated carbocycles. The van der Waals surface area contributed by atoms with Crippen molar-refractivity contribution >= 4 is 29.9 Å². The Morgan fingerprint density at radius 2 is 1.64 bits per heavy atom. The van der Waals surface area contributed by atoms with Crippen molar-refractivity contribution in [1.29, 1.82) is 0 Å². The molecule has 0 saturated heterocycles. The number of hydrogen-bond acceptors (Lipinski definition) is 1. The lowest BCUT2D eigenvalue weighted by atomic mass is 10.0. The van der Waals surface area contributed by atoms with Gasteiger partial charge in [0, 0.05) is 19.0 Å². The van der Waals surface area contributed by atoms with E-state index in [2.05, 4.69) is 53.6 Å². The summed E-state index contributed by atoms with van der Waals surface area (Å²) in [7, 11) is 0. The van der Waals surface area contributed by atoms with Crippen LogP contribution in [0, 0.1) is 0 Å². The third-order valence-corrected chi connectivity index (χ3v) is 3.47. The zero-order valence-corrected chi connectivity index (χ0v) is 15.2. The van der Waals surface area contributed by atoms with Gasteiger partial charge in [-0.1, -0.05) is 67.6 Å². The zero-order chi connectivity index (χ0) is 14.9. The standard InChI is InChI=1S/C18H23N3.HI/c1-15(17-10-6-3-7-11-17)14-21-18(19)20-13-12-16-8-4-2-5-9-16;/h2-11,15H,12-14H2,1H3,(H3,19,20,21);1H. The molecule has 0 heterocycles. The summed E-state index contributed by atoms with van der Waals surface area (Å²) in [6.07, 6.45) is 0.950. The molecule has 2 aromatic carbocycles. The van der Waals surface area contributed by atoms with Crippen LogP contribution in [-0.2, 0) is 6.42 Å². The molecule has 1 atom stereocenters. The highest BCUT2D eigenvalue weighted by atomic mass is 127. The molecule has 3 N–H and O–H groups in total. The van der Waals surface area contributed by atoms with Gasteiger partial charge in [0.15, 0.2) is 5.96 Å². The first kappa shape index (κ1) is 18.5. The molecule has 0 aliphatic rings. The number of benzene rings is 2. The maximum absolute atomic E-state index is 5.90. The Kier molecular flexibility index (Phi) is 8.58. The van der Waals surface area contributed by atoms with E-state index in [-0.39, 0.29) is 24.0 Å². The van der Waals surface area contributed by atoms with Crippen LogP contribution >= 0.6 is 24.0 Å². The molecule has 2 aromatic rings. The van der Waals surface area contributed by atoms with E-state index < -0.39 is 0 Å². The predicted molar refractivity (Wildman–Crippen MR) is 105 cm³/mol. The van der Waals surface area contributed by atoms with Gasteiger partial charge in [-0.3, -0.25) is 4.99 Å². The summed E-state index contributed by atoms with van der Waals surface area (Å²) in [6.45, 7) is 3.67. The Bertz CT molecular complexity index is 555. The molecular formula is C18H24IN3. The van der Waals surface area contributed by atoms with E-state index in [1.165, 1.54) is 11.1 Å². The quantitative estimate of drug-likeness (QED) is 0.436. The molecule has 2 rings (SSSR count). The molecule has 0 aliphatic heterocycles. The minimum Gasteiger partial charge on any atom is -0.370 e. The Balaban J connectivity index is 0.00000242. The van der Waals surface area contributed by atoms with E-state index in [0.717, 1.165) is 13.0 Å². The van der Waals surface area contributed by atoms with Gasteiger partial charge in [0.05, 0.1) is 0 Å². The first-order valence-corrected chi connectivity index (χ1v) is 7.38.